The third kappa shape index (κ3) is 3.01. The van der Waals surface area contributed by atoms with Crippen molar-refractivity contribution in [1.29, 1.82) is 0 Å². The van der Waals surface area contributed by atoms with E-state index in [1.165, 1.54) is 6.33 Å². The zero-order chi connectivity index (χ0) is 13.8. The van der Waals surface area contributed by atoms with Crippen LogP contribution in [-0.4, -0.2) is 27.1 Å². The second-order valence-corrected chi connectivity index (χ2v) is 5.36. The van der Waals surface area contributed by atoms with Gasteiger partial charge in [0.15, 0.2) is 0 Å². The number of hydrogen-bond donors (Lipinski definition) is 2. The van der Waals surface area contributed by atoms with Crippen molar-refractivity contribution in [1.82, 2.24) is 9.97 Å². The number of fused-ring (bicyclic) bond motifs is 1. The first-order valence-electron chi connectivity index (χ1n) is 6.31. The Bertz CT molecular complexity index is 582. The third-order valence-electron chi connectivity index (χ3n) is 3.01. The van der Waals surface area contributed by atoms with Crippen molar-refractivity contribution >= 4 is 33.3 Å². The molecule has 0 radical (unpaired) electrons. The molecule has 0 saturated heterocycles. The van der Waals surface area contributed by atoms with Crippen LogP contribution >= 0.6 is 11.3 Å². The molecule has 0 aromatic carbocycles. The Morgan fingerprint density at radius 2 is 2.32 bits per heavy atom. The largest absolute Gasteiger partial charge is 0.480 e. The Morgan fingerprint density at radius 1 is 1.53 bits per heavy atom. The molecule has 2 rings (SSSR count). The SMILES string of the molecule is CCCCC(Nc1ncnc2scc(C)c12)C(=O)O. The first kappa shape index (κ1) is 13.7. The van der Waals surface area contributed by atoms with E-state index in [9.17, 15) is 9.90 Å². The highest BCUT2D eigenvalue weighted by Gasteiger charge is 2.19. The van der Waals surface area contributed by atoms with Crippen LogP contribution in [0.25, 0.3) is 10.2 Å². The standard InChI is InChI=1S/C13H17N3O2S/c1-3-4-5-9(13(17)18)16-11-10-8(2)6-19-12(10)15-7-14-11/h6-7,9H,3-5H2,1-2H3,(H,17,18)(H,14,15,16). The lowest BCUT2D eigenvalue weighted by Crippen LogP contribution is -2.29. The predicted molar refractivity (Wildman–Crippen MR) is 76.7 cm³/mol. The van der Waals surface area contributed by atoms with Gasteiger partial charge in [-0.1, -0.05) is 19.8 Å². The zero-order valence-corrected chi connectivity index (χ0v) is 11.8. The number of aliphatic carboxylic acids is 1. The van der Waals surface area contributed by atoms with E-state index >= 15 is 0 Å². The van der Waals surface area contributed by atoms with Crippen LogP contribution in [0, 0.1) is 6.92 Å². The smallest absolute Gasteiger partial charge is 0.326 e. The summed E-state index contributed by atoms with van der Waals surface area (Å²) in [5.74, 6) is -0.222. The summed E-state index contributed by atoms with van der Waals surface area (Å²) in [5, 5.41) is 15.2. The Balaban J connectivity index is 2.28. The molecule has 1 atom stereocenters. The average molecular weight is 279 g/mol. The number of aromatic nitrogens is 2. The summed E-state index contributed by atoms with van der Waals surface area (Å²) < 4.78 is 0. The van der Waals surface area contributed by atoms with Gasteiger partial charge in [-0.3, -0.25) is 0 Å². The van der Waals surface area contributed by atoms with Crippen LogP contribution in [0.1, 0.15) is 31.7 Å². The van der Waals surface area contributed by atoms with Gasteiger partial charge in [-0.25, -0.2) is 14.8 Å². The Kier molecular flexibility index (Phi) is 4.31. The van der Waals surface area contributed by atoms with Crippen molar-refractivity contribution in [3.8, 4) is 0 Å². The fraction of sp³-hybridized carbons (Fsp3) is 0.462. The molecule has 102 valence electrons. The molecule has 0 bridgehead atoms. The van der Waals surface area contributed by atoms with Gasteiger partial charge >= 0.3 is 5.97 Å². The average Bonchev–Trinajstić information content (AvgIpc) is 2.77. The second-order valence-electron chi connectivity index (χ2n) is 4.50. The fourth-order valence-corrected chi connectivity index (χ4v) is 2.85. The molecule has 6 heteroatoms. The number of hydrogen-bond acceptors (Lipinski definition) is 5. The van der Waals surface area contributed by atoms with Gasteiger partial charge in [0, 0.05) is 0 Å². The number of carboxylic acids is 1. The lowest BCUT2D eigenvalue weighted by Gasteiger charge is -2.15. The summed E-state index contributed by atoms with van der Waals surface area (Å²) in [6.45, 7) is 4.03. The highest BCUT2D eigenvalue weighted by atomic mass is 32.1. The summed E-state index contributed by atoms with van der Waals surface area (Å²) in [4.78, 5) is 20.5. The Morgan fingerprint density at radius 3 is 3.00 bits per heavy atom. The van der Waals surface area contributed by atoms with Crippen molar-refractivity contribution in [2.75, 3.05) is 5.32 Å². The van der Waals surface area contributed by atoms with Crippen molar-refractivity contribution in [2.45, 2.75) is 39.2 Å². The predicted octanol–water partition coefficient (Wildman–Crippen LogP) is 3.06. The molecule has 19 heavy (non-hydrogen) atoms. The van der Waals surface area contributed by atoms with Crippen molar-refractivity contribution in [3.63, 3.8) is 0 Å². The molecule has 0 aliphatic carbocycles. The number of nitrogens with zero attached hydrogens (tertiary/aromatic N) is 2. The van der Waals surface area contributed by atoms with Crippen molar-refractivity contribution < 1.29 is 9.90 Å². The third-order valence-corrected chi connectivity index (χ3v) is 4.01. The highest BCUT2D eigenvalue weighted by Crippen LogP contribution is 2.29. The Labute approximate surface area is 115 Å². The minimum atomic E-state index is -0.840. The van der Waals surface area contributed by atoms with Gasteiger partial charge in [-0.2, -0.15) is 0 Å². The summed E-state index contributed by atoms with van der Waals surface area (Å²) in [7, 11) is 0. The number of rotatable bonds is 6. The molecular weight excluding hydrogens is 262 g/mol. The maximum atomic E-state index is 11.3. The van der Waals surface area contributed by atoms with Gasteiger partial charge < -0.3 is 10.4 Å². The van der Waals surface area contributed by atoms with E-state index in [0.717, 1.165) is 28.6 Å². The number of thiophene rings is 1. The molecule has 0 aliphatic heterocycles. The summed E-state index contributed by atoms with van der Waals surface area (Å²) in [6, 6.07) is -0.600. The molecule has 0 spiro atoms. The van der Waals surface area contributed by atoms with Gasteiger partial charge in [-0.05, 0) is 24.3 Å². The highest BCUT2D eigenvalue weighted by molar-refractivity contribution is 7.17. The van der Waals surface area contributed by atoms with Crippen LogP contribution in [0.2, 0.25) is 0 Å². The maximum absolute atomic E-state index is 11.3. The molecule has 2 heterocycles. The number of anilines is 1. The van der Waals surface area contributed by atoms with E-state index < -0.39 is 12.0 Å². The summed E-state index contributed by atoms with van der Waals surface area (Å²) in [6.07, 6.45) is 3.92. The van der Waals surface area contributed by atoms with Gasteiger partial charge in [0.05, 0.1) is 5.39 Å². The van der Waals surface area contributed by atoms with Crippen LogP contribution in [0.4, 0.5) is 5.82 Å². The second kappa shape index (κ2) is 5.97. The molecular formula is C13H17N3O2S. The van der Waals surface area contributed by atoms with E-state index in [1.807, 2.05) is 19.2 Å². The number of carboxylic acid groups (broad SMARTS) is 1. The lowest BCUT2D eigenvalue weighted by atomic mass is 10.1. The number of aryl methyl sites for hydroxylation is 1. The van der Waals surface area contributed by atoms with Gasteiger partial charge in [0.1, 0.15) is 23.0 Å². The van der Waals surface area contributed by atoms with Crippen LogP contribution in [-0.2, 0) is 4.79 Å². The normalized spacial score (nSPS) is 12.5. The molecule has 2 aromatic rings. The van der Waals surface area contributed by atoms with Gasteiger partial charge in [0.2, 0.25) is 0 Å². The van der Waals surface area contributed by atoms with Crippen molar-refractivity contribution in [2.24, 2.45) is 0 Å². The fourth-order valence-electron chi connectivity index (χ4n) is 1.96. The molecule has 5 nitrogen and oxygen atoms in total. The minimum Gasteiger partial charge on any atom is -0.480 e. The first-order valence-corrected chi connectivity index (χ1v) is 7.19. The molecule has 0 saturated carbocycles. The van der Waals surface area contributed by atoms with E-state index in [4.69, 9.17) is 0 Å². The van der Waals surface area contributed by atoms with E-state index in [2.05, 4.69) is 15.3 Å². The van der Waals surface area contributed by atoms with E-state index in [1.54, 1.807) is 11.3 Å². The topological polar surface area (TPSA) is 75.1 Å². The summed E-state index contributed by atoms with van der Waals surface area (Å²) >= 11 is 1.54. The van der Waals surface area contributed by atoms with Gasteiger partial charge in [-0.15, -0.1) is 11.3 Å². The van der Waals surface area contributed by atoms with E-state index in [0.29, 0.717) is 12.2 Å². The van der Waals surface area contributed by atoms with Crippen molar-refractivity contribution in [3.05, 3.63) is 17.3 Å². The minimum absolute atomic E-state index is 0.598. The monoisotopic (exact) mass is 279 g/mol. The van der Waals surface area contributed by atoms with Crippen LogP contribution < -0.4 is 5.32 Å². The Hall–Kier alpha value is -1.69. The summed E-state index contributed by atoms with van der Waals surface area (Å²) in [5.41, 5.74) is 1.07. The number of carbonyl (C=O) groups is 1. The van der Waals surface area contributed by atoms with Gasteiger partial charge in [0.25, 0.3) is 0 Å². The van der Waals surface area contributed by atoms with Crippen LogP contribution in [0.15, 0.2) is 11.7 Å². The number of nitrogens with one attached hydrogen (secondary N) is 1. The molecule has 0 aliphatic rings. The molecule has 0 fully saturated rings. The number of unbranched alkanes of at least 4 members (excludes halogenated alkanes) is 1. The molecule has 1 unspecified atom stereocenters. The maximum Gasteiger partial charge on any atom is 0.326 e. The molecule has 2 N–H and O–H groups in total. The van der Waals surface area contributed by atoms with E-state index in [-0.39, 0.29) is 0 Å². The van der Waals surface area contributed by atoms with Crippen LogP contribution in [0.3, 0.4) is 0 Å². The first-order chi connectivity index (χ1) is 9.13. The van der Waals surface area contributed by atoms with Crippen LogP contribution in [0.5, 0.6) is 0 Å². The molecule has 2 aromatic heterocycles. The quantitative estimate of drug-likeness (QED) is 0.850. The lowest BCUT2D eigenvalue weighted by molar-refractivity contribution is -0.138. The zero-order valence-electron chi connectivity index (χ0n) is 11.0. The molecule has 0 amide bonds.